The van der Waals surface area contributed by atoms with Crippen LogP contribution in [0.1, 0.15) is 5.48 Å². The third-order valence-electron chi connectivity index (χ3n) is 8.56. The first-order valence-corrected chi connectivity index (χ1v) is 15.8. The Hall–Kier alpha value is -6.18. The van der Waals surface area contributed by atoms with Crippen LogP contribution in [0.3, 0.4) is 0 Å². The van der Waals surface area contributed by atoms with E-state index in [1.807, 2.05) is 95.9 Å². The van der Waals surface area contributed by atoms with E-state index in [0.717, 1.165) is 44.8 Å². The summed E-state index contributed by atoms with van der Waals surface area (Å²) in [5.74, 6) is 0. The number of nitrogens with zero attached hydrogens (tertiary/aromatic N) is 1. The van der Waals surface area contributed by atoms with E-state index in [1.165, 1.54) is 10.8 Å². The first kappa shape index (κ1) is 24.1. The van der Waals surface area contributed by atoms with Gasteiger partial charge in [-0.25, -0.2) is 0 Å². The van der Waals surface area contributed by atoms with E-state index in [9.17, 15) is 2.74 Å². The second kappa shape index (κ2) is 12.7. The number of hydrogen-bond acceptors (Lipinski definition) is 1. The van der Waals surface area contributed by atoms with Gasteiger partial charge in [-0.2, -0.15) is 0 Å². The lowest BCUT2D eigenvalue weighted by Crippen LogP contribution is -2.09. The number of fused-ring (bicyclic) bond motifs is 1. The van der Waals surface area contributed by atoms with Gasteiger partial charge in [0.25, 0.3) is 0 Å². The van der Waals surface area contributed by atoms with Gasteiger partial charge in [0.2, 0.25) is 0 Å². The SMILES string of the molecule is [2H]c1c([2H])c(N(c2ccc(-c3ccccc3)cc2)c2ccc(-c3ccc4ccccc4c3-c3ccccc3)cc2)c([2H])c([2H])c1-c1ccccc1. The molecule has 0 saturated heterocycles. The van der Waals surface area contributed by atoms with Crippen LogP contribution in [0.15, 0.2) is 200 Å². The number of anilines is 3. The molecule has 0 aliphatic rings. The summed E-state index contributed by atoms with van der Waals surface area (Å²) in [6.45, 7) is 0. The summed E-state index contributed by atoms with van der Waals surface area (Å²) < 4.78 is 36.7. The second-order valence-corrected chi connectivity index (χ2v) is 11.5. The Bertz CT molecular complexity index is 2450. The van der Waals surface area contributed by atoms with Crippen molar-refractivity contribution in [3.63, 3.8) is 0 Å². The van der Waals surface area contributed by atoms with Crippen LogP contribution in [0.5, 0.6) is 0 Å². The topological polar surface area (TPSA) is 3.24 Å². The van der Waals surface area contributed by atoms with Crippen LogP contribution in [0.4, 0.5) is 17.1 Å². The lowest BCUT2D eigenvalue weighted by atomic mass is 9.90. The Kier molecular flexibility index (Phi) is 6.50. The summed E-state index contributed by atoms with van der Waals surface area (Å²) in [6.07, 6.45) is 0. The Morgan fingerprint density at radius 1 is 0.319 bits per heavy atom. The molecule has 0 fully saturated rings. The first-order chi connectivity index (χ1) is 25.0. The molecule has 8 rings (SSSR count). The molecule has 8 aromatic rings. The van der Waals surface area contributed by atoms with Gasteiger partial charge < -0.3 is 4.90 Å². The van der Waals surface area contributed by atoms with Crippen molar-refractivity contribution < 1.29 is 5.48 Å². The molecule has 0 spiro atoms. The van der Waals surface area contributed by atoms with Crippen LogP contribution in [-0.4, -0.2) is 0 Å². The number of benzene rings is 8. The zero-order chi connectivity index (χ0) is 34.9. The van der Waals surface area contributed by atoms with E-state index in [2.05, 4.69) is 84.9 Å². The molecular weight excluding hydrogens is 567 g/mol. The highest BCUT2D eigenvalue weighted by atomic mass is 15.1. The highest BCUT2D eigenvalue weighted by molar-refractivity contribution is 6.04. The van der Waals surface area contributed by atoms with E-state index in [0.29, 0.717) is 5.56 Å². The van der Waals surface area contributed by atoms with Crippen molar-refractivity contribution >= 4 is 27.8 Å². The van der Waals surface area contributed by atoms with Gasteiger partial charge in [-0.15, -0.1) is 0 Å². The third kappa shape index (κ3) is 5.72. The molecule has 0 heterocycles. The van der Waals surface area contributed by atoms with Crippen LogP contribution in [0.2, 0.25) is 0 Å². The fourth-order valence-electron chi connectivity index (χ4n) is 6.23. The van der Waals surface area contributed by atoms with Gasteiger partial charge in [0.15, 0.2) is 0 Å². The zero-order valence-corrected chi connectivity index (χ0v) is 25.7. The molecule has 0 bridgehead atoms. The number of hydrogen-bond donors (Lipinski definition) is 0. The molecule has 0 aliphatic carbocycles. The van der Waals surface area contributed by atoms with Crippen LogP contribution < -0.4 is 4.90 Å². The normalized spacial score (nSPS) is 12.2. The molecule has 0 atom stereocenters. The minimum atomic E-state index is -0.105. The van der Waals surface area contributed by atoms with Gasteiger partial charge in [-0.1, -0.05) is 164 Å². The predicted octanol–water partition coefficient (Wildman–Crippen LogP) is 13.0. The van der Waals surface area contributed by atoms with Gasteiger partial charge in [-0.3, -0.25) is 0 Å². The van der Waals surface area contributed by atoms with Crippen LogP contribution in [0, 0.1) is 0 Å². The van der Waals surface area contributed by atoms with Crippen LogP contribution in [0.25, 0.3) is 55.3 Å². The molecule has 0 amide bonds. The maximum absolute atomic E-state index is 9.27. The summed E-state index contributed by atoms with van der Waals surface area (Å²) in [7, 11) is 0. The quantitative estimate of drug-likeness (QED) is 0.175. The van der Waals surface area contributed by atoms with Crippen molar-refractivity contribution in [3.8, 4) is 44.5 Å². The van der Waals surface area contributed by atoms with Gasteiger partial charge in [0.1, 0.15) is 0 Å². The van der Waals surface area contributed by atoms with E-state index in [4.69, 9.17) is 2.74 Å². The van der Waals surface area contributed by atoms with Crippen LogP contribution >= 0.6 is 0 Å². The van der Waals surface area contributed by atoms with Crippen molar-refractivity contribution in [2.45, 2.75) is 0 Å². The van der Waals surface area contributed by atoms with Gasteiger partial charge >= 0.3 is 0 Å². The van der Waals surface area contributed by atoms with E-state index in [1.54, 1.807) is 0 Å². The van der Waals surface area contributed by atoms with E-state index in [-0.39, 0.29) is 35.4 Å². The summed E-state index contributed by atoms with van der Waals surface area (Å²) in [5, 5.41) is 2.34. The molecule has 0 aromatic heterocycles. The highest BCUT2D eigenvalue weighted by Crippen LogP contribution is 2.41. The van der Waals surface area contributed by atoms with Gasteiger partial charge in [0.05, 0.1) is 5.48 Å². The molecule has 47 heavy (non-hydrogen) atoms. The smallest absolute Gasteiger partial charge is 0.0645 e. The molecular formula is C46H33N. The maximum Gasteiger partial charge on any atom is 0.0645 e. The Morgan fingerprint density at radius 2 is 0.787 bits per heavy atom. The highest BCUT2D eigenvalue weighted by Gasteiger charge is 2.16. The van der Waals surface area contributed by atoms with Crippen molar-refractivity contribution in [2.24, 2.45) is 0 Å². The predicted molar refractivity (Wildman–Crippen MR) is 200 cm³/mol. The zero-order valence-electron chi connectivity index (χ0n) is 29.7. The number of rotatable bonds is 7. The average Bonchev–Trinajstić information content (AvgIpc) is 3.20. The monoisotopic (exact) mass is 603 g/mol. The maximum atomic E-state index is 9.27. The fraction of sp³-hybridized carbons (Fsp3) is 0. The fourth-order valence-corrected chi connectivity index (χ4v) is 6.23. The van der Waals surface area contributed by atoms with Crippen molar-refractivity contribution in [1.29, 1.82) is 0 Å². The van der Waals surface area contributed by atoms with Gasteiger partial charge in [-0.05, 0) is 91.6 Å². The summed E-state index contributed by atoms with van der Waals surface area (Å²) >= 11 is 0. The third-order valence-corrected chi connectivity index (χ3v) is 8.56. The van der Waals surface area contributed by atoms with Crippen molar-refractivity contribution in [1.82, 2.24) is 0 Å². The molecule has 0 aliphatic heterocycles. The molecule has 1 nitrogen and oxygen atoms in total. The summed E-state index contributed by atoms with van der Waals surface area (Å²) in [5.41, 5.74) is 9.13. The Balaban J connectivity index is 1.29. The van der Waals surface area contributed by atoms with Gasteiger partial charge in [0, 0.05) is 17.1 Å². The molecule has 222 valence electrons. The lowest BCUT2D eigenvalue weighted by molar-refractivity contribution is 1.28. The molecule has 0 unspecified atom stereocenters. The molecule has 0 N–H and O–H groups in total. The van der Waals surface area contributed by atoms with E-state index >= 15 is 0 Å². The molecule has 0 radical (unpaired) electrons. The minimum absolute atomic E-state index is 0.0802. The average molecular weight is 604 g/mol. The van der Waals surface area contributed by atoms with Crippen molar-refractivity contribution in [3.05, 3.63) is 200 Å². The summed E-state index contributed by atoms with van der Waals surface area (Å²) in [4.78, 5) is 1.84. The summed E-state index contributed by atoms with van der Waals surface area (Å²) in [6, 6.07) is 58.3. The standard InChI is InChI=1S/C46H33N/c1-4-12-34(13-5-1)36-20-27-41(28-21-36)47(42-29-22-37(23-30-42)35-14-6-2-7-15-35)43-31-24-39(25-32-43)45-33-26-38-16-10-11-19-44(38)46(45)40-17-8-3-9-18-40/h1-33H/i20D,21D,27D,28D. The Morgan fingerprint density at radius 3 is 1.38 bits per heavy atom. The van der Waals surface area contributed by atoms with Crippen LogP contribution in [-0.2, 0) is 0 Å². The largest absolute Gasteiger partial charge is 0.311 e. The second-order valence-electron chi connectivity index (χ2n) is 11.5. The minimum Gasteiger partial charge on any atom is -0.311 e. The molecule has 1 heteroatoms. The Labute approximate surface area is 282 Å². The van der Waals surface area contributed by atoms with Crippen molar-refractivity contribution in [2.75, 3.05) is 4.90 Å². The molecule has 8 aromatic carbocycles. The molecule has 0 saturated carbocycles. The first-order valence-electron chi connectivity index (χ1n) is 17.8. The lowest BCUT2D eigenvalue weighted by Gasteiger charge is -2.26. The van der Waals surface area contributed by atoms with E-state index < -0.39 is 0 Å².